The fraction of sp³-hybridized carbons (Fsp3) is 0.333. The van der Waals surface area contributed by atoms with Crippen LogP contribution in [-0.4, -0.2) is 29.3 Å². The summed E-state index contributed by atoms with van der Waals surface area (Å²) in [7, 11) is 0. The largest absolute Gasteiger partial charge is 0.449 e. The Morgan fingerprint density at radius 2 is 2.09 bits per heavy atom. The van der Waals surface area contributed by atoms with Crippen LogP contribution in [0.25, 0.3) is 0 Å². The first kappa shape index (κ1) is 15.6. The highest BCUT2D eigenvalue weighted by Gasteiger charge is 2.42. The van der Waals surface area contributed by atoms with E-state index in [1.54, 1.807) is 13.8 Å². The van der Waals surface area contributed by atoms with Gasteiger partial charge in [-0.2, -0.15) is 5.26 Å². The lowest BCUT2D eigenvalue weighted by Crippen LogP contribution is -2.46. The number of ether oxygens (including phenoxy) is 1. The highest BCUT2D eigenvalue weighted by atomic mass is 19.1. The van der Waals surface area contributed by atoms with Crippen molar-refractivity contribution in [1.29, 1.82) is 5.26 Å². The second-order valence-electron chi connectivity index (χ2n) is 4.71. The van der Waals surface area contributed by atoms with E-state index in [0.29, 0.717) is 11.3 Å². The molecule has 0 saturated carbocycles. The minimum absolute atomic E-state index is 0.0820. The molecule has 6 nitrogen and oxygen atoms in total. The van der Waals surface area contributed by atoms with Crippen LogP contribution >= 0.6 is 0 Å². The SMILES string of the molecule is CCOC(=O)N1C(=O)N=C(C)C(C#N)C1c1ccc(F)cc1. The summed E-state index contributed by atoms with van der Waals surface area (Å²) >= 11 is 0. The first-order valence-electron chi connectivity index (χ1n) is 6.69. The number of carbonyl (C=O) groups is 2. The van der Waals surface area contributed by atoms with Crippen LogP contribution in [0.3, 0.4) is 0 Å². The lowest BCUT2D eigenvalue weighted by Gasteiger charge is -2.34. The van der Waals surface area contributed by atoms with Gasteiger partial charge in [-0.3, -0.25) is 0 Å². The number of hydrogen-bond acceptors (Lipinski definition) is 4. The minimum Gasteiger partial charge on any atom is -0.449 e. The lowest BCUT2D eigenvalue weighted by molar-refractivity contribution is 0.0982. The maximum atomic E-state index is 13.1. The van der Waals surface area contributed by atoms with Crippen molar-refractivity contribution >= 4 is 17.8 Å². The van der Waals surface area contributed by atoms with Gasteiger partial charge in [0.2, 0.25) is 0 Å². The minimum atomic E-state index is -0.894. The van der Waals surface area contributed by atoms with Gasteiger partial charge in [0, 0.05) is 5.71 Å². The summed E-state index contributed by atoms with van der Waals surface area (Å²) in [6.07, 6.45) is -0.877. The fourth-order valence-corrected chi connectivity index (χ4v) is 2.32. The average Bonchev–Trinajstić information content (AvgIpc) is 2.47. The van der Waals surface area contributed by atoms with E-state index >= 15 is 0 Å². The number of amides is 3. The Balaban J connectivity index is 2.52. The van der Waals surface area contributed by atoms with Gasteiger partial charge in [-0.15, -0.1) is 0 Å². The van der Waals surface area contributed by atoms with E-state index in [1.165, 1.54) is 24.3 Å². The van der Waals surface area contributed by atoms with Crippen molar-refractivity contribution in [2.45, 2.75) is 19.9 Å². The molecule has 0 bridgehead atoms. The van der Waals surface area contributed by atoms with E-state index in [1.807, 2.05) is 6.07 Å². The quantitative estimate of drug-likeness (QED) is 0.840. The standard InChI is InChI=1S/C15H14FN3O3/c1-3-22-15(21)19-13(10-4-6-11(16)7-5-10)12(8-17)9(2)18-14(19)20/h4-7,12-13H,3H2,1-2H3. The van der Waals surface area contributed by atoms with Crippen LogP contribution in [0.2, 0.25) is 0 Å². The molecule has 114 valence electrons. The number of imide groups is 1. The Hall–Kier alpha value is -2.75. The van der Waals surface area contributed by atoms with E-state index in [9.17, 15) is 19.2 Å². The molecule has 3 amide bonds. The van der Waals surface area contributed by atoms with Crippen molar-refractivity contribution in [2.75, 3.05) is 6.61 Å². The predicted octanol–water partition coefficient (Wildman–Crippen LogP) is 3.06. The highest BCUT2D eigenvalue weighted by Crippen LogP contribution is 2.34. The molecule has 0 N–H and O–H groups in total. The maximum absolute atomic E-state index is 13.1. The molecule has 1 aliphatic rings. The molecule has 1 aliphatic heterocycles. The van der Waals surface area contributed by atoms with Crippen LogP contribution in [0.1, 0.15) is 25.5 Å². The van der Waals surface area contributed by atoms with Crippen LogP contribution in [-0.2, 0) is 4.74 Å². The second-order valence-corrected chi connectivity index (χ2v) is 4.71. The highest BCUT2D eigenvalue weighted by molar-refractivity contribution is 6.04. The van der Waals surface area contributed by atoms with Crippen LogP contribution in [0.5, 0.6) is 0 Å². The normalized spacial score (nSPS) is 21.1. The molecule has 2 atom stereocenters. The van der Waals surface area contributed by atoms with E-state index in [0.717, 1.165) is 4.90 Å². The number of aliphatic imine (C=N–C) groups is 1. The number of carbonyl (C=O) groups excluding carboxylic acids is 2. The Bertz CT molecular complexity index is 664. The molecule has 2 rings (SSSR count). The monoisotopic (exact) mass is 303 g/mol. The zero-order valence-corrected chi connectivity index (χ0v) is 12.1. The zero-order chi connectivity index (χ0) is 16.3. The van der Waals surface area contributed by atoms with Crippen molar-refractivity contribution in [2.24, 2.45) is 10.9 Å². The van der Waals surface area contributed by atoms with Gasteiger partial charge in [-0.25, -0.2) is 23.9 Å². The van der Waals surface area contributed by atoms with Gasteiger partial charge < -0.3 is 4.74 Å². The number of benzene rings is 1. The van der Waals surface area contributed by atoms with Crippen LogP contribution in [0, 0.1) is 23.1 Å². The number of nitriles is 1. The molecule has 22 heavy (non-hydrogen) atoms. The Kier molecular flexibility index (Phi) is 4.51. The van der Waals surface area contributed by atoms with Gasteiger partial charge in [0.15, 0.2) is 0 Å². The van der Waals surface area contributed by atoms with Crippen molar-refractivity contribution < 1.29 is 18.7 Å². The van der Waals surface area contributed by atoms with Crippen molar-refractivity contribution in [3.8, 4) is 6.07 Å². The summed E-state index contributed by atoms with van der Waals surface area (Å²) < 4.78 is 18.0. The summed E-state index contributed by atoms with van der Waals surface area (Å²) in [5.74, 6) is -1.26. The number of nitrogens with zero attached hydrogens (tertiary/aromatic N) is 3. The van der Waals surface area contributed by atoms with Crippen LogP contribution in [0.4, 0.5) is 14.0 Å². The van der Waals surface area contributed by atoms with Gasteiger partial charge in [0.05, 0.1) is 18.7 Å². The molecule has 0 radical (unpaired) electrons. The number of halogens is 1. The van der Waals surface area contributed by atoms with Gasteiger partial charge in [0.1, 0.15) is 11.7 Å². The molecule has 0 fully saturated rings. The maximum Gasteiger partial charge on any atom is 0.418 e. The van der Waals surface area contributed by atoms with Crippen LogP contribution < -0.4 is 0 Å². The Labute approximate surface area is 126 Å². The molecule has 1 aromatic carbocycles. The smallest absolute Gasteiger partial charge is 0.418 e. The van der Waals surface area contributed by atoms with E-state index < -0.39 is 29.9 Å². The van der Waals surface area contributed by atoms with Gasteiger partial charge >= 0.3 is 12.1 Å². The third-order valence-corrected chi connectivity index (χ3v) is 3.34. The van der Waals surface area contributed by atoms with Crippen molar-refractivity contribution in [3.63, 3.8) is 0 Å². The molecule has 1 heterocycles. The molecule has 7 heteroatoms. The summed E-state index contributed by atoms with van der Waals surface area (Å²) in [4.78, 5) is 28.7. The number of rotatable bonds is 2. The van der Waals surface area contributed by atoms with Gasteiger partial charge in [-0.05, 0) is 31.5 Å². The third-order valence-electron chi connectivity index (χ3n) is 3.34. The topological polar surface area (TPSA) is 82.8 Å². The molecule has 0 spiro atoms. The van der Waals surface area contributed by atoms with Crippen molar-refractivity contribution in [3.05, 3.63) is 35.6 Å². The molecule has 0 aliphatic carbocycles. The summed E-state index contributed by atoms with van der Waals surface area (Å²) in [6, 6.07) is 5.63. The first-order chi connectivity index (χ1) is 10.5. The zero-order valence-electron chi connectivity index (χ0n) is 12.1. The van der Waals surface area contributed by atoms with Crippen molar-refractivity contribution in [1.82, 2.24) is 4.90 Å². The number of hydrogen-bond donors (Lipinski definition) is 0. The van der Waals surface area contributed by atoms with Crippen LogP contribution in [0.15, 0.2) is 29.3 Å². The van der Waals surface area contributed by atoms with Gasteiger partial charge in [-0.1, -0.05) is 12.1 Å². The Morgan fingerprint density at radius 3 is 2.64 bits per heavy atom. The van der Waals surface area contributed by atoms with Gasteiger partial charge in [0.25, 0.3) is 0 Å². The Morgan fingerprint density at radius 1 is 1.45 bits per heavy atom. The predicted molar refractivity (Wildman–Crippen MR) is 75.6 cm³/mol. The molecule has 2 unspecified atom stereocenters. The lowest BCUT2D eigenvalue weighted by atomic mass is 9.88. The molecule has 0 aromatic heterocycles. The number of urea groups is 1. The third kappa shape index (κ3) is 2.81. The molecule has 1 aromatic rings. The second kappa shape index (κ2) is 6.35. The first-order valence-corrected chi connectivity index (χ1v) is 6.69. The average molecular weight is 303 g/mol. The summed E-state index contributed by atoms with van der Waals surface area (Å²) in [5.41, 5.74) is 0.769. The summed E-state index contributed by atoms with van der Waals surface area (Å²) in [5, 5.41) is 9.37. The van der Waals surface area contributed by atoms with E-state index in [2.05, 4.69) is 4.99 Å². The van der Waals surface area contributed by atoms with E-state index in [-0.39, 0.29) is 6.61 Å². The van der Waals surface area contributed by atoms with E-state index in [4.69, 9.17) is 4.74 Å². The molecular weight excluding hydrogens is 289 g/mol. The molecular formula is C15H14FN3O3. The molecule has 0 saturated heterocycles. The summed E-state index contributed by atoms with van der Waals surface area (Å²) in [6.45, 7) is 3.24. The fourth-order valence-electron chi connectivity index (χ4n) is 2.32.